The van der Waals surface area contributed by atoms with Crippen LogP contribution in [0.25, 0.3) is 0 Å². The van der Waals surface area contributed by atoms with Crippen LogP contribution < -0.4 is 16.0 Å². The zero-order valence-electron chi connectivity index (χ0n) is 12.2. The first-order valence-electron chi connectivity index (χ1n) is 6.59. The number of benzene rings is 1. The summed E-state index contributed by atoms with van der Waals surface area (Å²) in [5.74, 6) is 7.75. The Labute approximate surface area is 111 Å². The SMILES string of the molecule is COc1ccc(C)cc1CC(NN)C(C)C(C)C. The third kappa shape index (κ3) is 3.72. The zero-order chi connectivity index (χ0) is 13.7. The lowest BCUT2D eigenvalue weighted by Gasteiger charge is -2.27. The van der Waals surface area contributed by atoms with Crippen molar-refractivity contribution >= 4 is 0 Å². The Morgan fingerprint density at radius 1 is 1.28 bits per heavy atom. The molecule has 2 atom stereocenters. The molecule has 0 spiro atoms. The van der Waals surface area contributed by atoms with Gasteiger partial charge in [-0.3, -0.25) is 11.3 Å². The molecule has 0 heterocycles. The Morgan fingerprint density at radius 3 is 2.44 bits per heavy atom. The molecule has 102 valence electrons. The molecule has 1 rings (SSSR count). The van der Waals surface area contributed by atoms with E-state index in [4.69, 9.17) is 10.6 Å². The number of hydrazine groups is 1. The van der Waals surface area contributed by atoms with E-state index in [2.05, 4.69) is 45.3 Å². The van der Waals surface area contributed by atoms with Crippen LogP contribution in [0.3, 0.4) is 0 Å². The van der Waals surface area contributed by atoms with Crippen LogP contribution in [0.4, 0.5) is 0 Å². The molecular weight excluding hydrogens is 224 g/mol. The van der Waals surface area contributed by atoms with Crippen molar-refractivity contribution in [1.29, 1.82) is 0 Å². The molecule has 1 aromatic carbocycles. The predicted molar refractivity (Wildman–Crippen MR) is 76.5 cm³/mol. The summed E-state index contributed by atoms with van der Waals surface area (Å²) in [6.07, 6.45) is 0.890. The maximum Gasteiger partial charge on any atom is 0.122 e. The fourth-order valence-corrected chi connectivity index (χ4v) is 2.17. The summed E-state index contributed by atoms with van der Waals surface area (Å²) >= 11 is 0. The van der Waals surface area contributed by atoms with Crippen molar-refractivity contribution < 1.29 is 4.74 Å². The number of nitrogens with two attached hydrogens (primary N) is 1. The monoisotopic (exact) mass is 250 g/mol. The van der Waals surface area contributed by atoms with Crippen LogP contribution in [-0.2, 0) is 6.42 Å². The van der Waals surface area contributed by atoms with Crippen molar-refractivity contribution in [1.82, 2.24) is 5.43 Å². The number of hydrogen-bond acceptors (Lipinski definition) is 3. The van der Waals surface area contributed by atoms with Gasteiger partial charge in [-0.15, -0.1) is 0 Å². The van der Waals surface area contributed by atoms with E-state index in [1.807, 2.05) is 6.07 Å². The van der Waals surface area contributed by atoms with Gasteiger partial charge in [-0.25, -0.2) is 0 Å². The van der Waals surface area contributed by atoms with Crippen LogP contribution in [0.1, 0.15) is 31.9 Å². The number of nitrogens with one attached hydrogen (secondary N) is 1. The van der Waals surface area contributed by atoms with E-state index in [1.165, 1.54) is 11.1 Å². The first kappa shape index (κ1) is 15.0. The van der Waals surface area contributed by atoms with E-state index in [1.54, 1.807) is 7.11 Å². The lowest BCUT2D eigenvalue weighted by Crippen LogP contribution is -2.43. The molecule has 0 aromatic heterocycles. The topological polar surface area (TPSA) is 47.3 Å². The van der Waals surface area contributed by atoms with E-state index in [9.17, 15) is 0 Å². The molecule has 0 radical (unpaired) electrons. The first-order valence-corrected chi connectivity index (χ1v) is 6.59. The minimum absolute atomic E-state index is 0.265. The lowest BCUT2D eigenvalue weighted by atomic mass is 9.86. The average Bonchev–Trinajstić information content (AvgIpc) is 2.35. The van der Waals surface area contributed by atoms with Crippen LogP contribution in [-0.4, -0.2) is 13.2 Å². The highest BCUT2D eigenvalue weighted by molar-refractivity contribution is 5.37. The van der Waals surface area contributed by atoms with E-state index >= 15 is 0 Å². The van der Waals surface area contributed by atoms with Gasteiger partial charge in [0, 0.05) is 6.04 Å². The van der Waals surface area contributed by atoms with Gasteiger partial charge in [-0.2, -0.15) is 0 Å². The summed E-state index contributed by atoms with van der Waals surface area (Å²) in [6, 6.07) is 6.54. The van der Waals surface area contributed by atoms with Gasteiger partial charge in [-0.05, 0) is 36.8 Å². The molecule has 0 saturated carbocycles. The highest BCUT2D eigenvalue weighted by Gasteiger charge is 2.20. The van der Waals surface area contributed by atoms with Crippen molar-refractivity contribution in [2.24, 2.45) is 17.7 Å². The van der Waals surface area contributed by atoms with Crippen molar-refractivity contribution in [3.05, 3.63) is 29.3 Å². The van der Waals surface area contributed by atoms with Gasteiger partial charge in [0.1, 0.15) is 5.75 Å². The number of rotatable bonds is 6. The van der Waals surface area contributed by atoms with E-state index < -0.39 is 0 Å². The largest absolute Gasteiger partial charge is 0.496 e. The third-order valence-corrected chi connectivity index (χ3v) is 3.78. The van der Waals surface area contributed by atoms with Crippen LogP contribution in [0, 0.1) is 18.8 Å². The number of methoxy groups -OCH3 is 1. The molecule has 0 amide bonds. The molecule has 0 bridgehead atoms. The Hall–Kier alpha value is -1.06. The van der Waals surface area contributed by atoms with Crippen molar-refractivity contribution in [2.45, 2.75) is 40.2 Å². The first-order chi connectivity index (χ1) is 8.49. The molecule has 18 heavy (non-hydrogen) atoms. The quantitative estimate of drug-likeness (QED) is 0.603. The molecule has 3 nitrogen and oxygen atoms in total. The average molecular weight is 250 g/mol. The van der Waals surface area contributed by atoms with Gasteiger partial charge in [0.25, 0.3) is 0 Å². The van der Waals surface area contributed by atoms with E-state index in [0.29, 0.717) is 11.8 Å². The minimum Gasteiger partial charge on any atom is -0.496 e. The van der Waals surface area contributed by atoms with Gasteiger partial charge in [0.15, 0.2) is 0 Å². The summed E-state index contributed by atoms with van der Waals surface area (Å²) in [6.45, 7) is 8.78. The van der Waals surface area contributed by atoms with Gasteiger partial charge in [0.2, 0.25) is 0 Å². The summed E-state index contributed by atoms with van der Waals surface area (Å²) in [7, 11) is 1.71. The van der Waals surface area contributed by atoms with Gasteiger partial charge in [0.05, 0.1) is 7.11 Å². The minimum atomic E-state index is 0.265. The third-order valence-electron chi connectivity index (χ3n) is 3.78. The van der Waals surface area contributed by atoms with Crippen LogP contribution in [0.2, 0.25) is 0 Å². The summed E-state index contributed by atoms with van der Waals surface area (Å²) in [5.41, 5.74) is 5.41. The molecule has 1 aromatic rings. The second-order valence-corrected chi connectivity index (χ2v) is 5.40. The molecule has 0 aliphatic carbocycles. The van der Waals surface area contributed by atoms with Crippen LogP contribution in [0.15, 0.2) is 18.2 Å². The predicted octanol–water partition coefficient (Wildman–Crippen LogP) is 2.67. The molecule has 3 heteroatoms. The molecule has 0 saturated heterocycles. The normalized spacial score (nSPS) is 14.6. The number of aryl methyl sites for hydroxylation is 1. The van der Waals surface area contributed by atoms with Crippen LogP contribution in [0.5, 0.6) is 5.75 Å². The maximum absolute atomic E-state index is 5.70. The molecule has 0 aliphatic heterocycles. The Kier molecular flexibility index (Phi) is 5.63. The highest BCUT2D eigenvalue weighted by Crippen LogP contribution is 2.24. The second kappa shape index (κ2) is 6.76. The molecule has 0 aliphatic rings. The van der Waals surface area contributed by atoms with E-state index in [-0.39, 0.29) is 6.04 Å². The Bertz CT molecular complexity index is 377. The standard InChI is InChI=1S/C15H26N2O/c1-10(2)12(4)14(17-16)9-13-8-11(3)6-7-15(13)18-5/h6-8,10,12,14,17H,9,16H2,1-5H3. The smallest absolute Gasteiger partial charge is 0.122 e. The number of ether oxygens (including phenoxy) is 1. The Balaban J connectivity index is 2.90. The molecule has 3 N–H and O–H groups in total. The molecule has 0 fully saturated rings. The molecular formula is C15H26N2O. The summed E-state index contributed by atoms with van der Waals surface area (Å²) in [5, 5.41) is 0. The Morgan fingerprint density at radius 2 is 1.94 bits per heavy atom. The van der Waals surface area contributed by atoms with Crippen LogP contribution >= 0.6 is 0 Å². The van der Waals surface area contributed by atoms with Crippen molar-refractivity contribution in [3.8, 4) is 5.75 Å². The van der Waals surface area contributed by atoms with Gasteiger partial charge < -0.3 is 4.74 Å². The van der Waals surface area contributed by atoms with Crippen molar-refractivity contribution in [2.75, 3.05) is 7.11 Å². The van der Waals surface area contributed by atoms with E-state index in [0.717, 1.165) is 12.2 Å². The molecule has 2 unspecified atom stereocenters. The lowest BCUT2D eigenvalue weighted by molar-refractivity contribution is 0.296. The summed E-state index contributed by atoms with van der Waals surface area (Å²) < 4.78 is 5.42. The summed E-state index contributed by atoms with van der Waals surface area (Å²) in [4.78, 5) is 0. The zero-order valence-corrected chi connectivity index (χ0v) is 12.2. The second-order valence-electron chi connectivity index (χ2n) is 5.40. The maximum atomic E-state index is 5.70. The van der Waals surface area contributed by atoms with Gasteiger partial charge in [-0.1, -0.05) is 38.5 Å². The fraction of sp³-hybridized carbons (Fsp3) is 0.600. The highest BCUT2D eigenvalue weighted by atomic mass is 16.5. The fourth-order valence-electron chi connectivity index (χ4n) is 2.17. The van der Waals surface area contributed by atoms with Gasteiger partial charge >= 0.3 is 0 Å². The van der Waals surface area contributed by atoms with Crippen molar-refractivity contribution in [3.63, 3.8) is 0 Å². The number of hydrogen-bond donors (Lipinski definition) is 2.